The average molecular weight is 479 g/mol. The lowest BCUT2D eigenvalue weighted by Crippen LogP contribution is -2.27. The van der Waals surface area contributed by atoms with Gasteiger partial charge in [-0.25, -0.2) is 23.1 Å². The normalized spacial score (nSPS) is 11.1. The predicted molar refractivity (Wildman–Crippen MR) is 127 cm³/mol. The Bertz CT molecular complexity index is 1440. The average Bonchev–Trinajstić information content (AvgIpc) is 3.38. The summed E-state index contributed by atoms with van der Waals surface area (Å²) in [5.41, 5.74) is 1.60. The number of aromatic nitrogens is 4. The number of para-hydroxylation sites is 2. The maximum Gasteiger partial charge on any atom is 0.264 e. The molecule has 0 bridgehead atoms. The number of pyridine rings is 1. The SMILES string of the molecule is COc1ccccc1N(C)S(=O)(=O)c1ccc(C)c(C(=O)Nc2cccnc2-n2cncn2)c1. The Kier molecular flexibility index (Phi) is 6.28. The van der Waals surface area contributed by atoms with E-state index < -0.39 is 15.9 Å². The number of hydrogen-bond acceptors (Lipinski definition) is 7. The molecule has 4 rings (SSSR count). The Labute approximate surface area is 196 Å². The second-order valence-corrected chi connectivity index (χ2v) is 9.26. The van der Waals surface area contributed by atoms with Crippen LogP contribution >= 0.6 is 0 Å². The molecular formula is C23H22N6O4S. The van der Waals surface area contributed by atoms with Crippen molar-refractivity contribution in [3.63, 3.8) is 0 Å². The van der Waals surface area contributed by atoms with Crippen LogP contribution in [0.25, 0.3) is 5.82 Å². The van der Waals surface area contributed by atoms with Gasteiger partial charge in [-0.1, -0.05) is 18.2 Å². The third-order valence-corrected chi connectivity index (χ3v) is 6.97. The van der Waals surface area contributed by atoms with Crippen molar-refractivity contribution < 1.29 is 17.9 Å². The highest BCUT2D eigenvalue weighted by molar-refractivity contribution is 7.92. The monoisotopic (exact) mass is 478 g/mol. The minimum Gasteiger partial charge on any atom is -0.495 e. The third-order valence-electron chi connectivity index (χ3n) is 5.21. The lowest BCUT2D eigenvalue weighted by atomic mass is 10.1. The van der Waals surface area contributed by atoms with Crippen molar-refractivity contribution in [1.82, 2.24) is 19.7 Å². The van der Waals surface area contributed by atoms with Crippen LogP contribution in [0.15, 0.2) is 78.3 Å². The number of sulfonamides is 1. The number of amides is 1. The van der Waals surface area contributed by atoms with E-state index in [2.05, 4.69) is 20.4 Å². The van der Waals surface area contributed by atoms with Crippen LogP contribution in [0.3, 0.4) is 0 Å². The van der Waals surface area contributed by atoms with Gasteiger partial charge >= 0.3 is 0 Å². The molecule has 0 aliphatic heterocycles. The molecule has 0 aliphatic rings. The first-order chi connectivity index (χ1) is 16.3. The molecule has 2 aromatic heterocycles. The molecule has 2 aromatic carbocycles. The van der Waals surface area contributed by atoms with E-state index in [0.717, 1.165) is 4.31 Å². The number of nitrogens with zero attached hydrogens (tertiary/aromatic N) is 5. The number of ether oxygens (including phenoxy) is 1. The molecule has 0 fully saturated rings. The van der Waals surface area contributed by atoms with Crippen LogP contribution in [-0.2, 0) is 10.0 Å². The second-order valence-electron chi connectivity index (χ2n) is 7.29. The summed E-state index contributed by atoms with van der Waals surface area (Å²) < 4.78 is 34.6. The van der Waals surface area contributed by atoms with Crippen molar-refractivity contribution in [1.29, 1.82) is 0 Å². The molecule has 1 amide bonds. The minimum absolute atomic E-state index is 0.0284. The summed E-state index contributed by atoms with van der Waals surface area (Å²) in [6, 6.07) is 14.6. The Morgan fingerprint density at radius 3 is 2.65 bits per heavy atom. The Balaban J connectivity index is 1.67. The molecule has 174 valence electrons. The van der Waals surface area contributed by atoms with Crippen molar-refractivity contribution in [3.8, 4) is 11.6 Å². The molecular weight excluding hydrogens is 456 g/mol. The minimum atomic E-state index is -3.98. The van der Waals surface area contributed by atoms with Crippen LogP contribution in [0.1, 0.15) is 15.9 Å². The largest absolute Gasteiger partial charge is 0.495 e. The molecule has 0 atom stereocenters. The summed E-state index contributed by atoms with van der Waals surface area (Å²) in [5, 5.41) is 6.85. The summed E-state index contributed by atoms with van der Waals surface area (Å²) in [6.45, 7) is 1.73. The van der Waals surface area contributed by atoms with Crippen molar-refractivity contribution in [2.75, 3.05) is 23.8 Å². The van der Waals surface area contributed by atoms with Gasteiger partial charge in [-0.15, -0.1) is 0 Å². The molecule has 0 unspecified atom stereocenters. The van der Waals surface area contributed by atoms with Crippen molar-refractivity contribution in [2.45, 2.75) is 11.8 Å². The fourth-order valence-electron chi connectivity index (χ4n) is 3.37. The van der Waals surface area contributed by atoms with Crippen LogP contribution in [-0.4, -0.2) is 48.2 Å². The first kappa shape index (κ1) is 22.9. The van der Waals surface area contributed by atoms with Gasteiger partial charge in [0.05, 0.1) is 23.4 Å². The lowest BCUT2D eigenvalue weighted by molar-refractivity contribution is 0.102. The van der Waals surface area contributed by atoms with Crippen molar-refractivity contribution >= 4 is 27.3 Å². The number of anilines is 2. The van der Waals surface area contributed by atoms with Gasteiger partial charge in [-0.2, -0.15) is 5.10 Å². The Hall–Kier alpha value is -4.25. The smallest absolute Gasteiger partial charge is 0.264 e. The van der Waals surface area contributed by atoms with Gasteiger partial charge in [0.2, 0.25) is 0 Å². The van der Waals surface area contributed by atoms with E-state index in [1.165, 1.54) is 43.6 Å². The molecule has 0 saturated carbocycles. The zero-order valence-corrected chi connectivity index (χ0v) is 19.5. The molecule has 0 saturated heterocycles. The van der Waals surface area contributed by atoms with Gasteiger partial charge in [-0.05, 0) is 48.9 Å². The molecule has 0 spiro atoms. The maximum atomic E-state index is 13.4. The van der Waals surface area contributed by atoms with Crippen LogP contribution in [0.2, 0.25) is 0 Å². The van der Waals surface area contributed by atoms with E-state index in [0.29, 0.717) is 28.5 Å². The van der Waals surface area contributed by atoms with Crippen LogP contribution < -0.4 is 14.4 Å². The molecule has 4 aromatic rings. The molecule has 0 aliphatic carbocycles. The fraction of sp³-hybridized carbons (Fsp3) is 0.130. The fourth-order valence-corrected chi connectivity index (χ4v) is 4.60. The highest BCUT2D eigenvalue weighted by atomic mass is 32.2. The zero-order valence-electron chi connectivity index (χ0n) is 18.7. The first-order valence-corrected chi connectivity index (χ1v) is 11.6. The van der Waals surface area contributed by atoms with Gasteiger partial charge in [0.1, 0.15) is 18.4 Å². The van der Waals surface area contributed by atoms with Gasteiger partial charge in [-0.3, -0.25) is 9.10 Å². The number of nitrogens with one attached hydrogen (secondary N) is 1. The van der Waals surface area contributed by atoms with Gasteiger partial charge in [0, 0.05) is 18.8 Å². The molecule has 34 heavy (non-hydrogen) atoms. The second kappa shape index (κ2) is 9.32. The summed E-state index contributed by atoms with van der Waals surface area (Å²) in [4.78, 5) is 21.3. The predicted octanol–water partition coefficient (Wildman–Crippen LogP) is 3.06. The van der Waals surface area contributed by atoms with Gasteiger partial charge in [0.15, 0.2) is 5.82 Å². The Morgan fingerprint density at radius 1 is 1.12 bits per heavy atom. The number of carbonyl (C=O) groups is 1. The Morgan fingerprint density at radius 2 is 1.91 bits per heavy atom. The van der Waals surface area contributed by atoms with E-state index >= 15 is 0 Å². The van der Waals surface area contributed by atoms with E-state index in [1.54, 1.807) is 55.6 Å². The number of methoxy groups -OCH3 is 1. The number of aryl methyl sites for hydroxylation is 1. The topological polar surface area (TPSA) is 119 Å². The van der Waals surface area contributed by atoms with Crippen LogP contribution in [0, 0.1) is 6.92 Å². The molecule has 11 heteroatoms. The summed E-state index contributed by atoms with van der Waals surface area (Å²) >= 11 is 0. The third kappa shape index (κ3) is 4.33. The molecule has 1 N–H and O–H groups in total. The highest BCUT2D eigenvalue weighted by Gasteiger charge is 2.25. The number of benzene rings is 2. The van der Waals surface area contributed by atoms with Crippen molar-refractivity contribution in [2.24, 2.45) is 0 Å². The molecule has 10 nitrogen and oxygen atoms in total. The number of rotatable bonds is 7. The van der Waals surface area contributed by atoms with Crippen LogP contribution in [0.5, 0.6) is 5.75 Å². The summed E-state index contributed by atoms with van der Waals surface area (Å²) in [5.74, 6) is 0.311. The number of carbonyl (C=O) groups excluding carboxylic acids is 1. The first-order valence-electron chi connectivity index (χ1n) is 10.2. The standard InChI is InChI=1S/C23H22N6O4S/c1-16-10-11-17(34(31,32)28(2)20-8-4-5-9-21(20)33-3)13-18(16)23(30)27-19-7-6-12-25-22(19)29-15-24-14-26-29/h4-15H,1-3H3,(H,27,30). The van der Waals surface area contributed by atoms with Gasteiger partial charge in [0.25, 0.3) is 15.9 Å². The zero-order chi connectivity index (χ0) is 24.3. The van der Waals surface area contributed by atoms with Crippen molar-refractivity contribution in [3.05, 3.63) is 84.6 Å². The van der Waals surface area contributed by atoms with E-state index in [4.69, 9.17) is 4.74 Å². The van der Waals surface area contributed by atoms with E-state index in [9.17, 15) is 13.2 Å². The molecule has 2 heterocycles. The highest BCUT2D eigenvalue weighted by Crippen LogP contribution is 2.31. The molecule has 0 radical (unpaired) electrons. The summed E-state index contributed by atoms with van der Waals surface area (Å²) in [6.07, 6.45) is 4.39. The maximum absolute atomic E-state index is 13.4. The quantitative estimate of drug-likeness (QED) is 0.433. The van der Waals surface area contributed by atoms with Gasteiger partial charge < -0.3 is 10.1 Å². The summed E-state index contributed by atoms with van der Waals surface area (Å²) in [7, 11) is -1.07. The van der Waals surface area contributed by atoms with Crippen LogP contribution in [0.4, 0.5) is 11.4 Å². The van der Waals surface area contributed by atoms with E-state index in [-0.39, 0.29) is 10.5 Å². The van der Waals surface area contributed by atoms with E-state index in [1.807, 2.05) is 0 Å². The number of hydrogen-bond donors (Lipinski definition) is 1. The lowest BCUT2D eigenvalue weighted by Gasteiger charge is -2.22.